The third-order valence-electron chi connectivity index (χ3n) is 4.84. The summed E-state index contributed by atoms with van der Waals surface area (Å²) in [7, 11) is 0. The molecule has 0 spiro atoms. The van der Waals surface area contributed by atoms with Crippen LogP contribution in [0.1, 0.15) is 46.5 Å². The highest BCUT2D eigenvalue weighted by Crippen LogP contribution is 2.35. The molecule has 4 unspecified atom stereocenters. The number of nitrogens with one attached hydrogen (secondary N) is 1. The molecular formula is C14H28N2. The Morgan fingerprint density at radius 3 is 2.62 bits per heavy atom. The van der Waals surface area contributed by atoms with Gasteiger partial charge in [-0.25, -0.2) is 0 Å². The van der Waals surface area contributed by atoms with Gasteiger partial charge in [-0.05, 0) is 50.6 Å². The normalized spacial score (nSPS) is 41.4. The summed E-state index contributed by atoms with van der Waals surface area (Å²) >= 11 is 0. The molecule has 0 aromatic rings. The number of likely N-dealkylation sites (tertiary alicyclic amines) is 1. The first-order valence-corrected chi connectivity index (χ1v) is 7.19. The van der Waals surface area contributed by atoms with E-state index in [1.165, 1.54) is 38.8 Å². The fraction of sp³-hybridized carbons (Fsp3) is 1.00. The van der Waals surface area contributed by atoms with E-state index in [1.807, 2.05) is 0 Å². The number of hydrogen-bond acceptors (Lipinski definition) is 2. The smallest absolute Gasteiger partial charge is 0.0195 e. The first-order chi connectivity index (χ1) is 7.72. The van der Waals surface area contributed by atoms with Crippen LogP contribution in [0.15, 0.2) is 0 Å². The summed E-state index contributed by atoms with van der Waals surface area (Å²) in [5.41, 5.74) is 0. The van der Waals surface area contributed by atoms with Crippen molar-refractivity contribution in [3.05, 3.63) is 0 Å². The van der Waals surface area contributed by atoms with Gasteiger partial charge in [-0.2, -0.15) is 0 Å². The van der Waals surface area contributed by atoms with Gasteiger partial charge in [0.1, 0.15) is 0 Å². The van der Waals surface area contributed by atoms with Crippen molar-refractivity contribution in [2.24, 2.45) is 11.8 Å². The Kier molecular flexibility index (Phi) is 4.26. The van der Waals surface area contributed by atoms with Gasteiger partial charge in [0.2, 0.25) is 0 Å². The van der Waals surface area contributed by atoms with Crippen molar-refractivity contribution in [1.29, 1.82) is 0 Å². The van der Waals surface area contributed by atoms with Crippen LogP contribution in [0.3, 0.4) is 0 Å². The highest BCUT2D eigenvalue weighted by atomic mass is 15.2. The molecule has 4 atom stereocenters. The summed E-state index contributed by atoms with van der Waals surface area (Å²) in [6.07, 6.45) is 5.63. The summed E-state index contributed by atoms with van der Waals surface area (Å²) in [5.74, 6) is 1.84. The van der Waals surface area contributed by atoms with E-state index >= 15 is 0 Å². The largest absolute Gasteiger partial charge is 0.313 e. The minimum atomic E-state index is 0.752. The molecule has 0 aromatic heterocycles. The Hall–Kier alpha value is -0.0800. The predicted octanol–water partition coefficient (Wildman–Crippen LogP) is 2.49. The van der Waals surface area contributed by atoms with Crippen LogP contribution in [0, 0.1) is 11.8 Å². The van der Waals surface area contributed by atoms with Crippen LogP contribution < -0.4 is 5.32 Å². The second-order valence-corrected chi connectivity index (χ2v) is 5.87. The Morgan fingerprint density at radius 2 is 2.00 bits per heavy atom. The van der Waals surface area contributed by atoms with Crippen LogP contribution in [0.4, 0.5) is 0 Å². The molecule has 2 heteroatoms. The molecular weight excluding hydrogens is 196 g/mol. The second kappa shape index (κ2) is 5.50. The quantitative estimate of drug-likeness (QED) is 0.792. The molecule has 2 fully saturated rings. The van der Waals surface area contributed by atoms with Gasteiger partial charge in [-0.3, -0.25) is 4.90 Å². The Labute approximate surface area is 101 Å². The lowest BCUT2D eigenvalue weighted by Gasteiger charge is -2.39. The zero-order valence-electron chi connectivity index (χ0n) is 11.2. The molecule has 2 nitrogen and oxygen atoms in total. The molecule has 0 aromatic carbocycles. The molecule has 0 bridgehead atoms. The fourth-order valence-electron chi connectivity index (χ4n) is 3.62. The highest BCUT2D eigenvalue weighted by Gasteiger charge is 2.35. The summed E-state index contributed by atoms with van der Waals surface area (Å²) in [5, 5.41) is 3.62. The molecule has 2 aliphatic rings. The minimum absolute atomic E-state index is 0.752. The summed E-state index contributed by atoms with van der Waals surface area (Å²) in [4.78, 5) is 2.77. The third kappa shape index (κ3) is 2.60. The summed E-state index contributed by atoms with van der Waals surface area (Å²) in [6.45, 7) is 10.9. The van der Waals surface area contributed by atoms with Crippen LogP contribution in [0.5, 0.6) is 0 Å². The van der Waals surface area contributed by atoms with E-state index in [1.54, 1.807) is 0 Å². The molecule has 1 N–H and O–H groups in total. The van der Waals surface area contributed by atoms with Gasteiger partial charge in [0.15, 0.2) is 0 Å². The average molecular weight is 224 g/mol. The average Bonchev–Trinajstić information content (AvgIpc) is 2.61. The summed E-state index contributed by atoms with van der Waals surface area (Å²) < 4.78 is 0. The maximum Gasteiger partial charge on any atom is 0.0195 e. The van der Waals surface area contributed by atoms with Crippen molar-refractivity contribution >= 4 is 0 Å². The van der Waals surface area contributed by atoms with Crippen LogP contribution in [-0.2, 0) is 0 Å². The van der Waals surface area contributed by atoms with Crippen molar-refractivity contribution in [1.82, 2.24) is 10.2 Å². The number of piperidine rings is 1. The van der Waals surface area contributed by atoms with Gasteiger partial charge in [-0.15, -0.1) is 0 Å². The molecule has 16 heavy (non-hydrogen) atoms. The van der Waals surface area contributed by atoms with Crippen LogP contribution >= 0.6 is 0 Å². The maximum absolute atomic E-state index is 3.62. The van der Waals surface area contributed by atoms with Gasteiger partial charge in [0, 0.05) is 18.6 Å². The Balaban J connectivity index is 1.89. The van der Waals surface area contributed by atoms with Crippen molar-refractivity contribution in [3.8, 4) is 0 Å². The molecule has 0 amide bonds. The summed E-state index contributed by atoms with van der Waals surface area (Å²) in [6, 6.07) is 1.62. The van der Waals surface area contributed by atoms with Crippen LogP contribution in [0.25, 0.3) is 0 Å². The zero-order chi connectivity index (χ0) is 11.5. The highest BCUT2D eigenvalue weighted by molar-refractivity contribution is 4.90. The number of rotatable bonds is 3. The molecule has 1 aliphatic carbocycles. The first kappa shape index (κ1) is 12.4. The van der Waals surface area contributed by atoms with E-state index in [-0.39, 0.29) is 0 Å². The van der Waals surface area contributed by atoms with Crippen LogP contribution in [0.2, 0.25) is 0 Å². The third-order valence-corrected chi connectivity index (χ3v) is 4.84. The second-order valence-electron chi connectivity index (χ2n) is 5.87. The van der Waals surface area contributed by atoms with Gasteiger partial charge in [0.25, 0.3) is 0 Å². The number of nitrogens with zero attached hydrogens (tertiary/aromatic N) is 1. The fourth-order valence-corrected chi connectivity index (χ4v) is 3.62. The van der Waals surface area contributed by atoms with Crippen LogP contribution in [-0.4, -0.2) is 36.6 Å². The van der Waals surface area contributed by atoms with Crippen molar-refractivity contribution < 1.29 is 0 Å². The van der Waals surface area contributed by atoms with Gasteiger partial charge >= 0.3 is 0 Å². The Bertz CT molecular complexity index is 215. The van der Waals surface area contributed by atoms with E-state index in [2.05, 4.69) is 31.0 Å². The Morgan fingerprint density at radius 1 is 1.19 bits per heavy atom. The molecule has 94 valence electrons. The molecule has 1 saturated heterocycles. The molecule has 0 radical (unpaired) electrons. The van der Waals surface area contributed by atoms with Crippen molar-refractivity contribution in [2.75, 3.05) is 19.6 Å². The van der Waals surface area contributed by atoms with Gasteiger partial charge in [-0.1, -0.05) is 20.8 Å². The van der Waals surface area contributed by atoms with E-state index in [0.717, 1.165) is 30.5 Å². The number of likely N-dealkylation sites (N-methyl/N-ethyl adjacent to an activating group) is 1. The van der Waals surface area contributed by atoms with Crippen molar-refractivity contribution in [3.63, 3.8) is 0 Å². The lowest BCUT2D eigenvalue weighted by Crippen LogP contribution is -2.50. The first-order valence-electron chi connectivity index (χ1n) is 7.19. The number of hydrogen-bond donors (Lipinski definition) is 1. The maximum atomic E-state index is 3.62. The zero-order valence-corrected chi connectivity index (χ0v) is 11.2. The monoisotopic (exact) mass is 224 g/mol. The van der Waals surface area contributed by atoms with Gasteiger partial charge < -0.3 is 5.32 Å². The van der Waals surface area contributed by atoms with E-state index in [4.69, 9.17) is 0 Å². The van der Waals surface area contributed by atoms with E-state index in [9.17, 15) is 0 Å². The van der Waals surface area contributed by atoms with Gasteiger partial charge in [0.05, 0.1) is 0 Å². The lowest BCUT2D eigenvalue weighted by atomic mass is 9.94. The minimum Gasteiger partial charge on any atom is -0.313 e. The molecule has 1 saturated carbocycles. The lowest BCUT2D eigenvalue weighted by molar-refractivity contribution is 0.111. The predicted molar refractivity (Wildman–Crippen MR) is 69.6 cm³/mol. The molecule has 1 aliphatic heterocycles. The molecule has 2 rings (SSSR count). The topological polar surface area (TPSA) is 15.3 Å². The standard InChI is InChI=1S/C14H28N2/c1-4-15-13-6-5-9-16(10-13)14-8-7-11(2)12(14)3/h11-15H,4-10H2,1-3H3. The SMILES string of the molecule is CCNC1CCCN(C2CCC(C)C2C)C1. The van der Waals surface area contributed by atoms with Crippen molar-refractivity contribution in [2.45, 2.75) is 58.5 Å². The molecule has 1 heterocycles. The van der Waals surface area contributed by atoms with E-state index in [0.29, 0.717) is 0 Å². The van der Waals surface area contributed by atoms with E-state index < -0.39 is 0 Å².